The van der Waals surface area contributed by atoms with Gasteiger partial charge in [0.25, 0.3) is 0 Å². The molecule has 0 aliphatic carbocycles. The highest BCUT2D eigenvalue weighted by atomic mass is 127. The number of rotatable bonds is 8. The summed E-state index contributed by atoms with van der Waals surface area (Å²) in [7, 11) is 2.11. The van der Waals surface area contributed by atoms with E-state index in [4.69, 9.17) is 4.99 Å². The summed E-state index contributed by atoms with van der Waals surface area (Å²) in [6, 6.07) is 13.7. The minimum atomic E-state index is -0.268. The summed E-state index contributed by atoms with van der Waals surface area (Å²) in [6.07, 6.45) is 2.56. The van der Waals surface area contributed by atoms with Gasteiger partial charge in [-0.05, 0) is 38.1 Å². The smallest absolute Gasteiger partial charge is 0.191 e. The molecule has 0 spiro atoms. The van der Waals surface area contributed by atoms with E-state index in [1.807, 2.05) is 11.0 Å². The van der Waals surface area contributed by atoms with E-state index in [2.05, 4.69) is 58.8 Å². The van der Waals surface area contributed by atoms with Crippen molar-refractivity contribution in [1.82, 2.24) is 20.5 Å². The van der Waals surface area contributed by atoms with Crippen LogP contribution < -0.4 is 15.5 Å². The largest absolute Gasteiger partial charge is 0.357 e. The van der Waals surface area contributed by atoms with Gasteiger partial charge in [0.05, 0.1) is 6.54 Å². The van der Waals surface area contributed by atoms with Gasteiger partial charge >= 0.3 is 0 Å². The van der Waals surface area contributed by atoms with Gasteiger partial charge in [-0.2, -0.15) is 0 Å². The van der Waals surface area contributed by atoms with Gasteiger partial charge in [-0.1, -0.05) is 30.3 Å². The average molecular weight is 526 g/mol. The first-order valence-electron chi connectivity index (χ1n) is 10.3. The molecule has 1 unspecified atom stereocenters. The number of anilines is 1. The second-order valence-corrected chi connectivity index (χ2v) is 7.37. The van der Waals surface area contributed by atoms with Gasteiger partial charge in [-0.15, -0.1) is 24.0 Å². The Morgan fingerprint density at radius 3 is 2.80 bits per heavy atom. The van der Waals surface area contributed by atoms with E-state index in [1.54, 1.807) is 12.3 Å². The van der Waals surface area contributed by atoms with Gasteiger partial charge in [-0.3, -0.25) is 4.99 Å². The quantitative estimate of drug-likeness (QED) is 0.315. The molecule has 1 aliphatic rings. The molecule has 164 valence electrons. The molecular weight excluding hydrogens is 494 g/mol. The molecule has 1 atom stereocenters. The molecule has 2 N–H and O–H groups in total. The van der Waals surface area contributed by atoms with Gasteiger partial charge in [0.2, 0.25) is 0 Å². The number of benzene rings is 1. The maximum absolute atomic E-state index is 14.0. The maximum atomic E-state index is 14.0. The van der Waals surface area contributed by atoms with Gasteiger partial charge in [0, 0.05) is 45.0 Å². The Labute approximate surface area is 196 Å². The zero-order valence-electron chi connectivity index (χ0n) is 17.7. The number of aromatic nitrogens is 1. The highest BCUT2D eigenvalue weighted by molar-refractivity contribution is 14.0. The van der Waals surface area contributed by atoms with Crippen molar-refractivity contribution in [2.24, 2.45) is 4.99 Å². The molecule has 0 radical (unpaired) electrons. The van der Waals surface area contributed by atoms with Crippen molar-refractivity contribution in [3.8, 4) is 0 Å². The Kier molecular flexibility index (Phi) is 10.3. The Balaban J connectivity index is 0.00000320. The maximum Gasteiger partial charge on any atom is 0.191 e. The van der Waals surface area contributed by atoms with E-state index in [9.17, 15) is 4.39 Å². The summed E-state index contributed by atoms with van der Waals surface area (Å²) >= 11 is 0. The number of aliphatic imine (C=N–C) groups is 1. The minimum Gasteiger partial charge on any atom is -0.357 e. The molecule has 8 heteroatoms. The molecule has 6 nitrogen and oxygen atoms in total. The Hall–Kier alpha value is -1.94. The number of pyridine rings is 1. The standard InChI is InChI=1S/C22H31FN6.HI/c1-3-24-22(26-13-15-28(2)16-18-8-5-4-6-9-18)27-19-11-14-29(17-19)21-20(23)10-7-12-25-21;/h4-10,12,19H,3,11,13-17H2,1-2H3,(H2,24,26,27);1H. The van der Waals surface area contributed by atoms with Crippen LogP contribution in [-0.2, 0) is 6.54 Å². The number of likely N-dealkylation sites (N-methyl/N-ethyl adjacent to an activating group) is 1. The molecule has 1 aliphatic heterocycles. The second-order valence-electron chi connectivity index (χ2n) is 7.37. The fourth-order valence-corrected chi connectivity index (χ4v) is 3.50. The Bertz CT molecular complexity index is 788. The van der Waals surface area contributed by atoms with Crippen molar-refractivity contribution >= 4 is 35.8 Å². The first-order chi connectivity index (χ1) is 14.2. The van der Waals surface area contributed by atoms with Crippen LogP contribution in [0.3, 0.4) is 0 Å². The third kappa shape index (κ3) is 7.39. The van der Waals surface area contributed by atoms with Crippen LogP contribution in [-0.4, -0.2) is 61.7 Å². The van der Waals surface area contributed by atoms with E-state index < -0.39 is 0 Å². The molecule has 0 amide bonds. The molecule has 1 saturated heterocycles. The van der Waals surface area contributed by atoms with Crippen molar-refractivity contribution in [3.63, 3.8) is 0 Å². The van der Waals surface area contributed by atoms with E-state index in [1.165, 1.54) is 11.6 Å². The van der Waals surface area contributed by atoms with Crippen LogP contribution in [0.15, 0.2) is 53.7 Å². The van der Waals surface area contributed by atoms with Crippen molar-refractivity contribution < 1.29 is 4.39 Å². The molecule has 0 bridgehead atoms. The van der Waals surface area contributed by atoms with Gasteiger partial charge < -0.3 is 20.4 Å². The summed E-state index contributed by atoms with van der Waals surface area (Å²) in [5.74, 6) is 0.977. The molecule has 3 rings (SSSR count). The molecule has 0 saturated carbocycles. The first-order valence-corrected chi connectivity index (χ1v) is 10.3. The van der Waals surface area contributed by atoms with Crippen molar-refractivity contribution in [1.29, 1.82) is 0 Å². The lowest BCUT2D eigenvalue weighted by atomic mass is 10.2. The predicted molar refractivity (Wildman–Crippen MR) is 132 cm³/mol. The third-order valence-electron chi connectivity index (χ3n) is 4.96. The molecule has 1 aromatic carbocycles. The predicted octanol–water partition coefficient (Wildman–Crippen LogP) is 3.10. The molecule has 2 aromatic rings. The van der Waals surface area contributed by atoms with E-state index in [0.717, 1.165) is 38.6 Å². The van der Waals surface area contributed by atoms with Gasteiger partial charge in [0.1, 0.15) is 0 Å². The minimum absolute atomic E-state index is 0. The van der Waals surface area contributed by atoms with Gasteiger partial charge in [-0.25, -0.2) is 9.37 Å². The van der Waals surface area contributed by atoms with Gasteiger partial charge in [0.15, 0.2) is 17.6 Å². The zero-order chi connectivity index (χ0) is 20.5. The van der Waals surface area contributed by atoms with E-state index >= 15 is 0 Å². The number of nitrogens with one attached hydrogen (secondary N) is 2. The summed E-state index contributed by atoms with van der Waals surface area (Å²) < 4.78 is 14.0. The van der Waals surface area contributed by atoms with Crippen LogP contribution in [0.5, 0.6) is 0 Å². The molecule has 2 heterocycles. The van der Waals surface area contributed by atoms with E-state index in [-0.39, 0.29) is 35.8 Å². The Morgan fingerprint density at radius 1 is 1.27 bits per heavy atom. The second kappa shape index (κ2) is 12.7. The number of hydrogen-bond acceptors (Lipinski definition) is 4. The number of nitrogens with zero attached hydrogens (tertiary/aromatic N) is 4. The Morgan fingerprint density at radius 2 is 2.07 bits per heavy atom. The number of halogens is 2. The normalized spacial score (nSPS) is 16.5. The third-order valence-corrected chi connectivity index (χ3v) is 4.96. The average Bonchev–Trinajstić information content (AvgIpc) is 3.17. The summed E-state index contributed by atoms with van der Waals surface area (Å²) in [6.45, 7) is 6.86. The lowest BCUT2D eigenvalue weighted by molar-refractivity contribution is 0.336. The van der Waals surface area contributed by atoms with Crippen molar-refractivity contribution in [3.05, 3.63) is 60.0 Å². The van der Waals surface area contributed by atoms with Crippen LogP contribution in [0.2, 0.25) is 0 Å². The first kappa shape index (κ1) is 24.3. The van der Waals surface area contributed by atoms with Crippen LogP contribution in [0.25, 0.3) is 0 Å². The number of guanidine groups is 1. The molecule has 1 fully saturated rings. The summed E-state index contributed by atoms with van der Waals surface area (Å²) in [4.78, 5) is 13.2. The SMILES string of the molecule is CCNC(=NCCN(C)Cc1ccccc1)NC1CCN(c2ncccc2F)C1.I. The number of hydrogen-bond donors (Lipinski definition) is 2. The fraction of sp³-hybridized carbons (Fsp3) is 0.455. The lowest BCUT2D eigenvalue weighted by Gasteiger charge is -2.20. The van der Waals surface area contributed by atoms with Crippen LogP contribution in [0.1, 0.15) is 18.9 Å². The zero-order valence-corrected chi connectivity index (χ0v) is 20.1. The topological polar surface area (TPSA) is 55.8 Å². The molecule has 1 aromatic heterocycles. The van der Waals surface area contributed by atoms with E-state index in [0.29, 0.717) is 18.9 Å². The van der Waals surface area contributed by atoms with Crippen molar-refractivity contribution in [2.45, 2.75) is 25.9 Å². The van der Waals surface area contributed by atoms with Crippen LogP contribution in [0.4, 0.5) is 10.2 Å². The van der Waals surface area contributed by atoms with Crippen LogP contribution in [0, 0.1) is 5.82 Å². The summed E-state index contributed by atoms with van der Waals surface area (Å²) in [5.41, 5.74) is 1.30. The highest BCUT2D eigenvalue weighted by Gasteiger charge is 2.25. The highest BCUT2D eigenvalue weighted by Crippen LogP contribution is 2.20. The van der Waals surface area contributed by atoms with Crippen molar-refractivity contribution in [2.75, 3.05) is 44.7 Å². The lowest BCUT2D eigenvalue weighted by Crippen LogP contribution is -2.45. The molecular formula is C22H32FIN6. The monoisotopic (exact) mass is 526 g/mol. The van der Waals surface area contributed by atoms with Crippen LogP contribution >= 0.6 is 24.0 Å². The fourth-order valence-electron chi connectivity index (χ4n) is 3.50. The molecule has 30 heavy (non-hydrogen) atoms. The summed E-state index contributed by atoms with van der Waals surface area (Å²) in [5, 5.41) is 6.80.